The molecule has 0 radical (unpaired) electrons. The van der Waals surface area contributed by atoms with Crippen molar-refractivity contribution in [1.82, 2.24) is 53.2 Å². The summed E-state index contributed by atoms with van der Waals surface area (Å²) in [6, 6.07) is -7.74. The number of aliphatic hydroxyl groups excluding tert-OH is 6. The third-order valence-electron chi connectivity index (χ3n) is 17.2. The Hall–Kier alpha value is -8.88. The summed E-state index contributed by atoms with van der Waals surface area (Å²) in [5.41, 5.74) is 32.1. The van der Waals surface area contributed by atoms with Crippen molar-refractivity contribution in [3.05, 3.63) is 35.9 Å². The Balaban J connectivity index is 2.31. The molecular formula is C66H114N18O19. The Morgan fingerprint density at radius 2 is 0.942 bits per heavy atom. The Bertz CT molecular complexity index is 2940. The highest BCUT2D eigenvalue weighted by molar-refractivity contribution is 5.99. The first-order chi connectivity index (χ1) is 48.7. The molecule has 0 spiro atoms. The normalized spacial score (nSPS) is 17.6. The molecule has 29 N–H and O–H groups in total. The van der Waals surface area contributed by atoms with E-state index in [0.29, 0.717) is 12.0 Å². The fraction of sp³-hybridized carbons (Fsp3) is 0.697. The molecule has 37 heteroatoms. The lowest BCUT2D eigenvalue weighted by molar-refractivity contribution is -0.140. The zero-order valence-electron chi connectivity index (χ0n) is 59.4. The van der Waals surface area contributed by atoms with Crippen LogP contribution in [0.1, 0.15) is 175 Å². The molecule has 1 aromatic rings. The van der Waals surface area contributed by atoms with Gasteiger partial charge in [-0.1, -0.05) is 114 Å². The third-order valence-corrected chi connectivity index (χ3v) is 17.2. The van der Waals surface area contributed by atoms with Gasteiger partial charge in [-0.3, -0.25) is 72.8 Å². The Morgan fingerprint density at radius 1 is 0.495 bits per heavy atom. The van der Waals surface area contributed by atoms with Crippen molar-refractivity contribution >= 4 is 82.9 Å². The molecule has 0 saturated heterocycles. The zero-order valence-corrected chi connectivity index (χ0v) is 59.4. The van der Waals surface area contributed by atoms with Crippen molar-refractivity contribution in [2.75, 3.05) is 26.3 Å². The van der Waals surface area contributed by atoms with Crippen LogP contribution in [0.5, 0.6) is 0 Å². The van der Waals surface area contributed by atoms with Crippen LogP contribution in [0.4, 0.5) is 0 Å². The van der Waals surface area contributed by atoms with Crippen LogP contribution in [0.3, 0.4) is 0 Å². The topological polar surface area (TPSA) is 648 Å². The van der Waals surface area contributed by atoms with Gasteiger partial charge in [-0.2, -0.15) is 0 Å². The number of aliphatic hydroxyl groups is 6. The lowest BCUT2D eigenvalue weighted by atomic mass is 10.0. The fourth-order valence-electron chi connectivity index (χ4n) is 11.2. The molecule has 0 bridgehead atoms. The summed E-state index contributed by atoms with van der Waals surface area (Å²) in [6.45, 7) is 2.98. The van der Waals surface area contributed by atoms with Crippen molar-refractivity contribution in [3.63, 3.8) is 0 Å². The number of aliphatic carboxylic acids is 1. The molecule has 3 unspecified atom stereocenters. The molecule has 37 nitrogen and oxygen atoms in total. The molecule has 1 aliphatic carbocycles. The van der Waals surface area contributed by atoms with E-state index in [9.17, 15) is 93.3 Å². The second-order valence-corrected chi connectivity index (χ2v) is 26.0. The number of amides is 11. The highest BCUT2D eigenvalue weighted by Crippen LogP contribution is 2.46. The first kappa shape index (κ1) is 90.2. The molecule has 1 saturated carbocycles. The Labute approximate surface area is 599 Å². The summed E-state index contributed by atoms with van der Waals surface area (Å²) >= 11 is 0. The average Bonchev–Trinajstić information content (AvgIpc) is 1.58. The number of nitrogens with zero attached hydrogens (tertiary/aromatic N) is 2. The van der Waals surface area contributed by atoms with Gasteiger partial charge in [0.05, 0.1) is 43.6 Å². The van der Waals surface area contributed by atoms with Crippen LogP contribution in [-0.4, -0.2) is 229 Å². The van der Waals surface area contributed by atoms with E-state index in [1.807, 2.05) is 0 Å². The zero-order chi connectivity index (χ0) is 77.4. The van der Waals surface area contributed by atoms with Gasteiger partial charge in [0.15, 0.2) is 11.9 Å². The van der Waals surface area contributed by atoms with Crippen LogP contribution >= 0.6 is 0 Å². The van der Waals surface area contributed by atoms with Crippen LogP contribution in [0.15, 0.2) is 40.3 Å². The summed E-state index contributed by atoms with van der Waals surface area (Å²) in [5.74, 6) is -14.2. The first-order valence-electron chi connectivity index (χ1n) is 35.1. The minimum absolute atomic E-state index is 0.0348. The van der Waals surface area contributed by atoms with E-state index in [4.69, 9.17) is 34.4 Å². The molecule has 1 fully saturated rings. The molecule has 2 rings (SSSR count). The van der Waals surface area contributed by atoms with Gasteiger partial charge in [-0.15, -0.1) is 0 Å². The van der Waals surface area contributed by atoms with Gasteiger partial charge >= 0.3 is 5.97 Å². The number of nitrogens with one attached hydrogen (secondary N) is 10. The minimum Gasteiger partial charge on any atom is -0.481 e. The number of hydrogen-bond donors (Lipinski definition) is 23. The van der Waals surface area contributed by atoms with E-state index in [-0.39, 0.29) is 63.5 Å². The van der Waals surface area contributed by atoms with Crippen LogP contribution in [0.2, 0.25) is 0 Å². The van der Waals surface area contributed by atoms with Gasteiger partial charge < -0.3 is 118 Å². The van der Waals surface area contributed by atoms with Gasteiger partial charge in [0.1, 0.15) is 54.1 Å². The van der Waals surface area contributed by atoms with Gasteiger partial charge in [0.2, 0.25) is 65.0 Å². The Kier molecular flexibility index (Phi) is 42.2. The lowest BCUT2D eigenvalue weighted by Gasteiger charge is -2.32. The second-order valence-electron chi connectivity index (χ2n) is 26.0. The van der Waals surface area contributed by atoms with Gasteiger partial charge in [0, 0.05) is 38.8 Å². The molecule has 0 aliphatic heterocycles. The number of rotatable bonds is 55. The first-order valence-corrected chi connectivity index (χ1v) is 35.1. The molecular weight excluding hydrogens is 1350 g/mol. The maximum atomic E-state index is 14.4. The minimum atomic E-state index is -2.08. The number of nitrogens with two attached hydrogens (primary N) is 6. The van der Waals surface area contributed by atoms with Crippen LogP contribution in [0.25, 0.3) is 0 Å². The number of aliphatic imine (C=N–C) groups is 2. The molecule has 15 atom stereocenters. The van der Waals surface area contributed by atoms with Crippen molar-refractivity contribution in [3.8, 4) is 0 Å². The highest BCUT2D eigenvalue weighted by atomic mass is 16.4. The van der Waals surface area contributed by atoms with E-state index in [1.54, 1.807) is 30.3 Å². The van der Waals surface area contributed by atoms with Crippen LogP contribution in [-0.2, 0) is 64.0 Å². The number of carboxylic acids is 1. The molecule has 0 aromatic heterocycles. The highest BCUT2D eigenvalue weighted by Gasteiger charge is 2.61. The van der Waals surface area contributed by atoms with E-state index < -0.39 is 200 Å². The van der Waals surface area contributed by atoms with Crippen molar-refractivity contribution in [2.24, 2.45) is 50.3 Å². The number of carboxylic acid groups (broad SMARTS) is 1. The van der Waals surface area contributed by atoms with Crippen LogP contribution < -0.4 is 87.6 Å². The van der Waals surface area contributed by atoms with E-state index in [1.165, 1.54) is 44.9 Å². The number of hydrogen-bond acceptors (Lipinski definition) is 21. The summed E-state index contributed by atoms with van der Waals surface area (Å²) < 4.78 is 0. The standard InChI is InChI=1S/C66H114N18O19/c1-5-6-7-8-9-10-11-12-13-14-15-16-20-25-49(91)84-66(34-41(66)30-32-74-65(71)72)63(103)80-44(26-28-48(67)90)57(97)82-51(37(2)87)60(100)75-42(24-21-31-73-64(69)70)55(95)78-46(35-85)58(98)79-47(36-86)59(99)83-52(38(3)88)61(101)76-43(27-29-50(92)93)56(96)81-53(39(4)89)62(102)77-45(54(68)94)33-40-22-18-17-19-23-40/h17-19,22-23,37-39,41-47,51-53,60,75,85-89,100H,5-16,20-21,24-36H2,1-4H3,(H2,67,90)(H2,68,94)(H,76,101)(H,77,102)(H,78,95)(H,79,98)(H,80,103)(H,81,96)(H,82,97)(H,83,99)(H,84,91)(H,92,93)(H4,69,70,73)(H4,71,72,74)/t37-,38-,39-,41?,42+,43+,44+,45+,46+,47+,51+,52+,53+,60?,66?/m1/s1. The summed E-state index contributed by atoms with van der Waals surface area (Å²) in [6.07, 6.45) is 4.70. The quantitative estimate of drug-likeness (QED) is 0.0125. The molecule has 11 amide bonds. The predicted molar refractivity (Wildman–Crippen MR) is 377 cm³/mol. The maximum Gasteiger partial charge on any atom is 0.303 e. The van der Waals surface area contributed by atoms with Gasteiger partial charge in [-0.05, 0) is 77.2 Å². The summed E-state index contributed by atoms with van der Waals surface area (Å²) in [7, 11) is 0. The van der Waals surface area contributed by atoms with Gasteiger partial charge in [0.25, 0.3) is 0 Å². The molecule has 1 aromatic carbocycles. The van der Waals surface area contributed by atoms with Crippen molar-refractivity contribution < 1.29 is 93.3 Å². The molecule has 0 heterocycles. The second kappa shape index (κ2) is 48.1. The van der Waals surface area contributed by atoms with Crippen molar-refractivity contribution in [1.29, 1.82) is 0 Å². The fourth-order valence-corrected chi connectivity index (χ4v) is 11.2. The smallest absolute Gasteiger partial charge is 0.303 e. The van der Waals surface area contributed by atoms with Gasteiger partial charge in [-0.25, -0.2) is 0 Å². The number of guanidine groups is 2. The van der Waals surface area contributed by atoms with E-state index in [2.05, 4.69) is 70.1 Å². The summed E-state index contributed by atoms with van der Waals surface area (Å²) in [4.78, 5) is 169. The van der Waals surface area contributed by atoms with E-state index in [0.717, 1.165) is 52.9 Å². The summed E-state index contributed by atoms with van der Waals surface area (Å²) in [5, 5.41) is 97.8. The number of benzene rings is 1. The molecule has 1 aliphatic rings. The Morgan fingerprint density at radius 3 is 1.42 bits per heavy atom. The monoisotopic (exact) mass is 1460 g/mol. The van der Waals surface area contributed by atoms with Crippen LogP contribution in [0, 0.1) is 5.92 Å². The maximum absolute atomic E-state index is 14.4. The van der Waals surface area contributed by atoms with Crippen molar-refractivity contribution in [2.45, 2.75) is 260 Å². The largest absolute Gasteiger partial charge is 0.481 e. The number of carbonyl (C=O) groups is 12. The molecule has 103 heavy (non-hydrogen) atoms. The average molecular weight is 1460 g/mol. The lowest BCUT2D eigenvalue weighted by Crippen LogP contribution is -2.64. The number of carbonyl (C=O) groups excluding carboxylic acids is 11. The molecule has 582 valence electrons. The number of primary amides is 2. The predicted octanol–water partition coefficient (Wildman–Crippen LogP) is -5.80. The van der Waals surface area contributed by atoms with E-state index >= 15 is 0 Å². The number of unbranched alkanes of at least 4 members (excludes halogenated alkanes) is 12. The SMILES string of the molecule is CCCCCCCCCCCCCCCC(=O)NC1(C(=O)N[C@@H](CCC(N)=O)C(=O)N[C@H](C(O)N[C@@H](CCCN=C(N)N)C(=O)N[C@@H](CO)C(=O)N[C@@H](CO)C(=O)N[C@H](C(=O)N[C@@H](CCC(=O)O)C(=O)N[C@H](C(=O)N[C@@H](Cc2ccccc2)C(N)=O)[C@@H](C)O)[C@@H](C)O)[C@@H](C)O)CC1CCN=C(N)N. The third kappa shape index (κ3) is 34.8.